The van der Waals surface area contributed by atoms with E-state index in [9.17, 15) is 4.39 Å². The van der Waals surface area contributed by atoms with Gasteiger partial charge in [-0.05, 0) is 42.7 Å². The molecule has 0 N–H and O–H groups in total. The van der Waals surface area contributed by atoms with Gasteiger partial charge in [-0.2, -0.15) is 0 Å². The van der Waals surface area contributed by atoms with E-state index in [4.69, 9.17) is 4.98 Å². The summed E-state index contributed by atoms with van der Waals surface area (Å²) in [6.45, 7) is 3.73. The molecule has 6 heteroatoms. The summed E-state index contributed by atoms with van der Waals surface area (Å²) >= 11 is 3.51. The van der Waals surface area contributed by atoms with Crippen LogP contribution in [0.3, 0.4) is 0 Å². The third-order valence-corrected chi connectivity index (χ3v) is 6.18. The summed E-state index contributed by atoms with van der Waals surface area (Å²) in [5.41, 5.74) is 2.20. The van der Waals surface area contributed by atoms with E-state index in [0.29, 0.717) is 0 Å². The molecule has 4 rings (SSSR count). The van der Waals surface area contributed by atoms with Crippen molar-refractivity contribution in [2.45, 2.75) is 4.90 Å². The third-order valence-electron chi connectivity index (χ3n) is 4.33. The van der Waals surface area contributed by atoms with E-state index in [2.05, 4.69) is 34.3 Å². The first kappa shape index (κ1) is 15.7. The fourth-order valence-electron chi connectivity index (χ4n) is 3.02. The standard InChI is InChI=1S/C18H18FN3S2/c1-23-15-3-2-4-16-17(15)20-18(24-16)22-11-9-21(10-12-22)14-7-5-13(19)6-8-14/h2-8H,9-12H2,1H3. The van der Waals surface area contributed by atoms with Crippen molar-refractivity contribution < 1.29 is 4.39 Å². The molecule has 0 atom stereocenters. The predicted octanol–water partition coefficient (Wildman–Crippen LogP) is 4.48. The molecule has 1 saturated heterocycles. The quantitative estimate of drug-likeness (QED) is 0.642. The van der Waals surface area contributed by atoms with Crippen LogP contribution in [0.1, 0.15) is 0 Å². The molecule has 24 heavy (non-hydrogen) atoms. The van der Waals surface area contributed by atoms with Crippen LogP contribution in [-0.2, 0) is 0 Å². The maximum atomic E-state index is 13.1. The molecule has 1 aliphatic heterocycles. The van der Waals surface area contributed by atoms with Gasteiger partial charge in [0.15, 0.2) is 5.13 Å². The number of benzene rings is 2. The molecule has 0 unspecified atom stereocenters. The van der Waals surface area contributed by atoms with E-state index in [-0.39, 0.29) is 5.82 Å². The fraction of sp³-hybridized carbons (Fsp3) is 0.278. The second-order valence-electron chi connectivity index (χ2n) is 5.75. The summed E-state index contributed by atoms with van der Waals surface area (Å²) in [4.78, 5) is 10.8. The Morgan fingerprint density at radius 2 is 1.71 bits per heavy atom. The first-order chi connectivity index (χ1) is 11.7. The monoisotopic (exact) mass is 359 g/mol. The van der Waals surface area contributed by atoms with E-state index in [1.807, 2.05) is 12.1 Å². The molecule has 0 radical (unpaired) electrons. The van der Waals surface area contributed by atoms with Gasteiger partial charge in [-0.1, -0.05) is 17.4 Å². The predicted molar refractivity (Wildman–Crippen MR) is 102 cm³/mol. The first-order valence-corrected chi connectivity index (χ1v) is 9.98. The number of fused-ring (bicyclic) bond motifs is 1. The van der Waals surface area contributed by atoms with Crippen LogP contribution in [0.25, 0.3) is 10.2 Å². The van der Waals surface area contributed by atoms with E-state index < -0.39 is 0 Å². The Morgan fingerprint density at radius 3 is 2.42 bits per heavy atom. The third kappa shape index (κ3) is 2.96. The number of halogens is 1. The van der Waals surface area contributed by atoms with Crippen molar-refractivity contribution >= 4 is 44.1 Å². The van der Waals surface area contributed by atoms with Crippen molar-refractivity contribution in [3.63, 3.8) is 0 Å². The van der Waals surface area contributed by atoms with E-state index in [0.717, 1.165) is 42.5 Å². The molecule has 0 aliphatic carbocycles. The molecule has 1 aromatic heterocycles. The zero-order valence-electron chi connectivity index (χ0n) is 13.4. The maximum absolute atomic E-state index is 13.1. The van der Waals surface area contributed by atoms with E-state index in [1.54, 1.807) is 23.1 Å². The van der Waals surface area contributed by atoms with Crippen LogP contribution in [0.15, 0.2) is 47.4 Å². The number of thiazole rings is 1. The van der Waals surface area contributed by atoms with Crippen LogP contribution in [0.2, 0.25) is 0 Å². The van der Waals surface area contributed by atoms with Gasteiger partial charge in [0, 0.05) is 36.8 Å². The number of para-hydroxylation sites is 1. The smallest absolute Gasteiger partial charge is 0.186 e. The maximum Gasteiger partial charge on any atom is 0.186 e. The Bertz CT molecular complexity index is 839. The second-order valence-corrected chi connectivity index (χ2v) is 7.61. The summed E-state index contributed by atoms with van der Waals surface area (Å²) in [6.07, 6.45) is 2.09. The Labute approximate surface area is 149 Å². The minimum absolute atomic E-state index is 0.184. The molecule has 2 heterocycles. The molecule has 0 bridgehead atoms. The minimum atomic E-state index is -0.184. The molecule has 3 nitrogen and oxygen atoms in total. The van der Waals surface area contributed by atoms with E-state index in [1.165, 1.54) is 21.7 Å². The van der Waals surface area contributed by atoms with Crippen molar-refractivity contribution in [3.8, 4) is 0 Å². The number of hydrogen-bond acceptors (Lipinski definition) is 5. The van der Waals surface area contributed by atoms with Gasteiger partial charge < -0.3 is 9.80 Å². The number of anilines is 2. The van der Waals surface area contributed by atoms with Gasteiger partial charge in [-0.15, -0.1) is 11.8 Å². The average molecular weight is 359 g/mol. The lowest BCUT2D eigenvalue weighted by molar-refractivity contribution is 0.624. The molecular formula is C18H18FN3S2. The lowest BCUT2D eigenvalue weighted by atomic mass is 10.2. The molecular weight excluding hydrogens is 341 g/mol. The minimum Gasteiger partial charge on any atom is -0.368 e. The van der Waals surface area contributed by atoms with Gasteiger partial charge in [0.05, 0.1) is 10.2 Å². The highest BCUT2D eigenvalue weighted by Gasteiger charge is 2.20. The molecule has 0 amide bonds. The van der Waals surface area contributed by atoms with Gasteiger partial charge in [0.25, 0.3) is 0 Å². The van der Waals surface area contributed by atoms with Crippen molar-refractivity contribution in [2.75, 3.05) is 42.2 Å². The zero-order chi connectivity index (χ0) is 16.5. The zero-order valence-corrected chi connectivity index (χ0v) is 15.0. The number of hydrogen-bond donors (Lipinski definition) is 0. The van der Waals surface area contributed by atoms with Gasteiger partial charge in [0.1, 0.15) is 5.82 Å². The molecule has 1 fully saturated rings. The van der Waals surface area contributed by atoms with E-state index >= 15 is 0 Å². The highest BCUT2D eigenvalue weighted by Crippen LogP contribution is 2.34. The number of aromatic nitrogens is 1. The van der Waals surface area contributed by atoms with Crippen LogP contribution in [0.4, 0.5) is 15.2 Å². The van der Waals surface area contributed by atoms with Crippen LogP contribution in [0, 0.1) is 5.82 Å². The Hall–Kier alpha value is -1.79. The second kappa shape index (κ2) is 6.61. The molecule has 0 spiro atoms. The van der Waals surface area contributed by atoms with Gasteiger partial charge in [-0.25, -0.2) is 9.37 Å². The Balaban J connectivity index is 1.50. The SMILES string of the molecule is CSc1cccc2sc(N3CCN(c4ccc(F)cc4)CC3)nc12. The molecule has 2 aromatic carbocycles. The summed E-state index contributed by atoms with van der Waals surface area (Å²) < 4.78 is 14.3. The van der Waals surface area contributed by atoms with Crippen molar-refractivity contribution in [3.05, 3.63) is 48.3 Å². The highest BCUT2D eigenvalue weighted by molar-refractivity contribution is 7.98. The summed E-state index contributed by atoms with van der Waals surface area (Å²) in [5, 5.41) is 1.10. The van der Waals surface area contributed by atoms with Crippen molar-refractivity contribution in [1.29, 1.82) is 0 Å². The lowest BCUT2D eigenvalue weighted by Crippen LogP contribution is -2.46. The Kier molecular flexibility index (Phi) is 4.33. The van der Waals surface area contributed by atoms with Crippen molar-refractivity contribution in [2.24, 2.45) is 0 Å². The average Bonchev–Trinajstić information content (AvgIpc) is 3.07. The molecule has 0 saturated carbocycles. The van der Waals surface area contributed by atoms with Crippen molar-refractivity contribution in [1.82, 2.24) is 4.98 Å². The van der Waals surface area contributed by atoms with Gasteiger partial charge in [0.2, 0.25) is 0 Å². The molecule has 1 aliphatic rings. The molecule has 3 aromatic rings. The van der Waals surface area contributed by atoms with Crippen LogP contribution < -0.4 is 9.80 Å². The topological polar surface area (TPSA) is 19.4 Å². The summed E-state index contributed by atoms with van der Waals surface area (Å²) in [7, 11) is 0. The number of nitrogens with zero attached hydrogens (tertiary/aromatic N) is 3. The van der Waals surface area contributed by atoms with Gasteiger partial charge >= 0.3 is 0 Å². The number of rotatable bonds is 3. The summed E-state index contributed by atoms with van der Waals surface area (Å²) in [5.74, 6) is -0.184. The normalized spacial score (nSPS) is 15.2. The van der Waals surface area contributed by atoms with Crippen LogP contribution in [-0.4, -0.2) is 37.4 Å². The fourth-order valence-corrected chi connectivity index (χ4v) is 4.69. The highest BCUT2D eigenvalue weighted by atomic mass is 32.2. The lowest BCUT2D eigenvalue weighted by Gasteiger charge is -2.36. The first-order valence-electron chi connectivity index (χ1n) is 7.93. The number of thioether (sulfide) groups is 1. The summed E-state index contributed by atoms with van der Waals surface area (Å²) in [6, 6.07) is 13.1. The molecule has 124 valence electrons. The largest absolute Gasteiger partial charge is 0.368 e. The van der Waals surface area contributed by atoms with Gasteiger partial charge in [-0.3, -0.25) is 0 Å². The van der Waals surface area contributed by atoms with Crippen LogP contribution >= 0.6 is 23.1 Å². The Morgan fingerprint density at radius 1 is 1.00 bits per heavy atom. The number of piperazine rings is 1. The van der Waals surface area contributed by atoms with Crippen LogP contribution in [0.5, 0.6) is 0 Å².